The molecule has 75 valence electrons. The Labute approximate surface area is 88.2 Å². The molecular formula is C10H11ClNO2. The van der Waals surface area contributed by atoms with Crippen molar-refractivity contribution in [2.45, 2.75) is 0 Å². The van der Waals surface area contributed by atoms with Crippen LogP contribution in [0.5, 0.6) is 5.75 Å². The van der Waals surface area contributed by atoms with E-state index in [1.807, 2.05) is 0 Å². The number of carbonyl (C=O) groups excluding carboxylic acids is 1. The molecule has 0 fully saturated rings. The summed E-state index contributed by atoms with van der Waals surface area (Å²) in [6, 6.07) is 7.77. The van der Waals surface area contributed by atoms with E-state index in [-0.39, 0.29) is 12.5 Å². The van der Waals surface area contributed by atoms with Crippen LogP contribution in [0, 0.1) is 6.07 Å². The van der Waals surface area contributed by atoms with Gasteiger partial charge in [-0.15, -0.1) is 0 Å². The Bertz CT molecular complexity index is 326. The lowest BCUT2D eigenvalue weighted by atomic mass is 10.3. The van der Waals surface area contributed by atoms with E-state index >= 15 is 0 Å². The zero-order chi connectivity index (χ0) is 10.6. The molecule has 0 N–H and O–H groups in total. The third-order valence-electron chi connectivity index (χ3n) is 1.63. The summed E-state index contributed by atoms with van der Waals surface area (Å²) >= 11 is 5.82. The predicted octanol–water partition coefficient (Wildman–Crippen LogP) is 1.61. The number of likely N-dealkylation sites (N-methyl/N-ethyl adjacent to an activating group) is 1. The molecule has 1 radical (unpaired) electrons. The summed E-state index contributed by atoms with van der Waals surface area (Å²) in [7, 11) is 3.34. The molecule has 0 aliphatic carbocycles. The molecular weight excluding hydrogens is 202 g/mol. The number of rotatable bonds is 3. The van der Waals surface area contributed by atoms with E-state index < -0.39 is 0 Å². The zero-order valence-corrected chi connectivity index (χ0v) is 8.84. The summed E-state index contributed by atoms with van der Waals surface area (Å²) in [5.41, 5.74) is 0. The Morgan fingerprint density at radius 3 is 2.93 bits per heavy atom. The van der Waals surface area contributed by atoms with Crippen molar-refractivity contribution in [1.29, 1.82) is 0 Å². The third-order valence-corrected chi connectivity index (χ3v) is 1.94. The Morgan fingerprint density at radius 1 is 1.64 bits per heavy atom. The van der Waals surface area contributed by atoms with Crippen LogP contribution < -0.4 is 4.74 Å². The highest BCUT2D eigenvalue weighted by Crippen LogP contribution is 2.22. The van der Waals surface area contributed by atoms with Crippen molar-refractivity contribution in [3.8, 4) is 5.75 Å². The minimum absolute atomic E-state index is 0.00935. The van der Waals surface area contributed by atoms with Gasteiger partial charge in [-0.3, -0.25) is 4.79 Å². The summed E-state index contributed by atoms with van der Waals surface area (Å²) in [6.45, 7) is -0.00935. The van der Waals surface area contributed by atoms with Gasteiger partial charge in [-0.25, -0.2) is 0 Å². The van der Waals surface area contributed by atoms with Gasteiger partial charge in [0.1, 0.15) is 5.75 Å². The van der Waals surface area contributed by atoms with Crippen LogP contribution >= 0.6 is 11.6 Å². The zero-order valence-electron chi connectivity index (χ0n) is 8.08. The first-order chi connectivity index (χ1) is 6.61. The van der Waals surface area contributed by atoms with Crippen LogP contribution in [-0.2, 0) is 4.79 Å². The van der Waals surface area contributed by atoms with Crippen molar-refractivity contribution >= 4 is 17.5 Å². The Balaban J connectivity index is 2.54. The Kier molecular flexibility index (Phi) is 3.77. The molecule has 0 spiro atoms. The lowest BCUT2D eigenvalue weighted by molar-refractivity contribution is -0.130. The fraction of sp³-hybridized carbons (Fsp3) is 0.300. The summed E-state index contributed by atoms with van der Waals surface area (Å²) in [5, 5.41) is 0.482. The van der Waals surface area contributed by atoms with Crippen LogP contribution in [0.3, 0.4) is 0 Å². The first-order valence-corrected chi connectivity index (χ1v) is 4.47. The molecule has 0 saturated carbocycles. The van der Waals surface area contributed by atoms with Gasteiger partial charge in [0, 0.05) is 14.1 Å². The van der Waals surface area contributed by atoms with Gasteiger partial charge >= 0.3 is 0 Å². The van der Waals surface area contributed by atoms with E-state index in [2.05, 4.69) is 6.07 Å². The maximum Gasteiger partial charge on any atom is 0.259 e. The number of amides is 1. The van der Waals surface area contributed by atoms with Gasteiger partial charge in [0.2, 0.25) is 0 Å². The molecule has 4 heteroatoms. The monoisotopic (exact) mass is 212 g/mol. The maximum atomic E-state index is 11.2. The molecule has 1 aromatic carbocycles. The van der Waals surface area contributed by atoms with Gasteiger partial charge in [-0.2, -0.15) is 0 Å². The molecule has 0 heterocycles. The van der Waals surface area contributed by atoms with Crippen LogP contribution in [0.4, 0.5) is 0 Å². The summed E-state index contributed by atoms with van der Waals surface area (Å²) in [6.07, 6.45) is 0. The summed E-state index contributed by atoms with van der Waals surface area (Å²) in [5.74, 6) is 0.370. The number of ether oxygens (including phenoxy) is 1. The van der Waals surface area contributed by atoms with Crippen molar-refractivity contribution in [3.05, 3.63) is 29.3 Å². The third kappa shape index (κ3) is 2.92. The molecule has 0 aromatic heterocycles. The average molecular weight is 213 g/mol. The van der Waals surface area contributed by atoms with E-state index in [1.54, 1.807) is 32.3 Å². The summed E-state index contributed by atoms with van der Waals surface area (Å²) in [4.78, 5) is 12.6. The maximum absolute atomic E-state index is 11.2. The van der Waals surface area contributed by atoms with Gasteiger partial charge in [-0.05, 0) is 18.2 Å². The smallest absolute Gasteiger partial charge is 0.259 e. The minimum Gasteiger partial charge on any atom is -0.482 e. The molecule has 14 heavy (non-hydrogen) atoms. The minimum atomic E-state index is -0.107. The second-order valence-electron chi connectivity index (χ2n) is 2.93. The average Bonchev–Trinajstić information content (AvgIpc) is 2.16. The molecule has 0 aliphatic heterocycles. The number of nitrogens with zero attached hydrogens (tertiary/aromatic N) is 1. The molecule has 1 rings (SSSR count). The number of carbonyl (C=O) groups is 1. The van der Waals surface area contributed by atoms with Crippen molar-refractivity contribution in [1.82, 2.24) is 4.90 Å². The molecule has 0 saturated heterocycles. The molecule has 1 amide bonds. The highest BCUT2D eigenvalue weighted by Gasteiger charge is 2.06. The predicted molar refractivity (Wildman–Crippen MR) is 54.5 cm³/mol. The van der Waals surface area contributed by atoms with E-state index in [0.717, 1.165) is 0 Å². The number of benzene rings is 1. The number of halogens is 1. The first-order valence-electron chi connectivity index (χ1n) is 4.10. The van der Waals surface area contributed by atoms with Crippen molar-refractivity contribution < 1.29 is 9.53 Å². The SMILES string of the molecule is CN(C)C(=O)COc1c[c]ccc1Cl. The topological polar surface area (TPSA) is 29.5 Å². The van der Waals surface area contributed by atoms with Crippen LogP contribution in [0.25, 0.3) is 0 Å². The van der Waals surface area contributed by atoms with Gasteiger partial charge in [0.15, 0.2) is 6.61 Å². The van der Waals surface area contributed by atoms with Gasteiger partial charge in [0.25, 0.3) is 5.91 Å². The second kappa shape index (κ2) is 4.86. The lowest BCUT2D eigenvalue weighted by Crippen LogP contribution is -2.27. The normalized spacial score (nSPS) is 9.64. The highest BCUT2D eigenvalue weighted by atomic mass is 35.5. The second-order valence-corrected chi connectivity index (χ2v) is 3.34. The standard InChI is InChI=1S/C10H11ClNO2/c1-12(2)10(13)7-14-9-6-4-3-5-8(9)11/h3,5-6H,7H2,1-2H3. The Hall–Kier alpha value is -1.22. The van der Waals surface area contributed by atoms with Crippen molar-refractivity contribution in [3.63, 3.8) is 0 Å². The van der Waals surface area contributed by atoms with Gasteiger partial charge < -0.3 is 9.64 Å². The first kappa shape index (κ1) is 10.9. The van der Waals surface area contributed by atoms with Gasteiger partial charge in [-0.1, -0.05) is 17.7 Å². The van der Waals surface area contributed by atoms with Crippen LogP contribution in [0.1, 0.15) is 0 Å². The highest BCUT2D eigenvalue weighted by molar-refractivity contribution is 6.32. The van der Waals surface area contributed by atoms with Crippen molar-refractivity contribution in [2.24, 2.45) is 0 Å². The Morgan fingerprint density at radius 2 is 2.36 bits per heavy atom. The molecule has 0 atom stereocenters. The van der Waals surface area contributed by atoms with E-state index in [9.17, 15) is 4.79 Å². The van der Waals surface area contributed by atoms with E-state index in [1.165, 1.54) is 4.90 Å². The van der Waals surface area contributed by atoms with Gasteiger partial charge in [0.05, 0.1) is 5.02 Å². The van der Waals surface area contributed by atoms with E-state index in [4.69, 9.17) is 16.3 Å². The largest absolute Gasteiger partial charge is 0.482 e. The molecule has 0 unspecified atom stereocenters. The summed E-state index contributed by atoms with van der Waals surface area (Å²) < 4.78 is 5.21. The fourth-order valence-electron chi connectivity index (χ4n) is 0.775. The molecule has 1 aromatic rings. The van der Waals surface area contributed by atoms with Crippen LogP contribution in [-0.4, -0.2) is 31.5 Å². The quantitative estimate of drug-likeness (QED) is 0.762. The van der Waals surface area contributed by atoms with Crippen LogP contribution in [0.2, 0.25) is 5.02 Å². The number of hydrogen-bond acceptors (Lipinski definition) is 2. The number of hydrogen-bond donors (Lipinski definition) is 0. The molecule has 3 nitrogen and oxygen atoms in total. The van der Waals surface area contributed by atoms with E-state index in [0.29, 0.717) is 10.8 Å². The van der Waals surface area contributed by atoms with Crippen LogP contribution in [0.15, 0.2) is 18.2 Å². The fourth-order valence-corrected chi connectivity index (χ4v) is 0.947. The molecule has 0 aliphatic rings. The molecule has 0 bridgehead atoms. The lowest BCUT2D eigenvalue weighted by Gasteiger charge is -2.11. The van der Waals surface area contributed by atoms with Crippen molar-refractivity contribution in [2.75, 3.05) is 20.7 Å².